The monoisotopic (exact) mass is 225 g/mol. The first kappa shape index (κ1) is 10.8. The van der Waals surface area contributed by atoms with Gasteiger partial charge < -0.3 is 9.72 Å². The number of ether oxygens (including phenoxy) is 1. The lowest BCUT2D eigenvalue weighted by Crippen LogP contribution is -2.19. The molecule has 0 aliphatic carbocycles. The van der Waals surface area contributed by atoms with Gasteiger partial charge in [0.1, 0.15) is 0 Å². The number of aromatic nitrogens is 1. The Balaban J connectivity index is 1.75. The Bertz CT molecular complexity index is 304. The Kier molecular flexibility index (Phi) is 3.86. The lowest BCUT2D eigenvalue weighted by molar-refractivity contribution is 0.0987. The highest BCUT2D eigenvalue weighted by atomic mass is 32.2. The third kappa shape index (κ3) is 3.11. The summed E-state index contributed by atoms with van der Waals surface area (Å²) in [5, 5.41) is 0.595. The maximum absolute atomic E-state index is 11.7. The van der Waals surface area contributed by atoms with Crippen LogP contribution in [0, 0.1) is 0 Å². The first-order valence-electron chi connectivity index (χ1n) is 5.22. The SMILES string of the molecule is O=C(CSC1CCOCC1)c1ccc[nH]1. The number of nitrogens with one attached hydrogen (secondary N) is 1. The Morgan fingerprint density at radius 1 is 1.53 bits per heavy atom. The number of ketones is 1. The van der Waals surface area contributed by atoms with Crippen molar-refractivity contribution in [2.45, 2.75) is 18.1 Å². The van der Waals surface area contributed by atoms with E-state index in [1.54, 1.807) is 18.0 Å². The molecule has 0 saturated carbocycles. The molecule has 0 bridgehead atoms. The van der Waals surface area contributed by atoms with Crippen LogP contribution in [0.1, 0.15) is 23.3 Å². The normalized spacial score (nSPS) is 17.9. The largest absolute Gasteiger partial charge is 0.381 e. The molecule has 0 radical (unpaired) electrons. The summed E-state index contributed by atoms with van der Waals surface area (Å²) in [5.41, 5.74) is 0.717. The lowest BCUT2D eigenvalue weighted by Gasteiger charge is -2.20. The van der Waals surface area contributed by atoms with Gasteiger partial charge in [-0.1, -0.05) is 0 Å². The van der Waals surface area contributed by atoms with Gasteiger partial charge in [0.25, 0.3) is 0 Å². The highest BCUT2D eigenvalue weighted by Gasteiger charge is 2.16. The number of hydrogen-bond acceptors (Lipinski definition) is 3. The number of carbonyl (C=O) groups excluding carboxylic acids is 1. The lowest BCUT2D eigenvalue weighted by atomic mass is 10.2. The topological polar surface area (TPSA) is 42.1 Å². The van der Waals surface area contributed by atoms with E-state index in [9.17, 15) is 4.79 Å². The molecule has 1 aromatic rings. The Labute approximate surface area is 93.6 Å². The highest BCUT2D eigenvalue weighted by Crippen LogP contribution is 2.22. The van der Waals surface area contributed by atoms with Crippen LogP contribution in [-0.4, -0.2) is 35.0 Å². The van der Waals surface area contributed by atoms with Gasteiger partial charge in [0.2, 0.25) is 0 Å². The molecule has 0 atom stereocenters. The van der Waals surface area contributed by atoms with E-state index in [-0.39, 0.29) is 5.78 Å². The number of hydrogen-bond donors (Lipinski definition) is 1. The summed E-state index contributed by atoms with van der Waals surface area (Å²) < 4.78 is 5.27. The summed E-state index contributed by atoms with van der Waals surface area (Å²) in [6.45, 7) is 1.68. The second kappa shape index (κ2) is 5.37. The molecule has 1 aromatic heterocycles. The Morgan fingerprint density at radius 3 is 3.00 bits per heavy atom. The van der Waals surface area contributed by atoms with Gasteiger partial charge in [-0.3, -0.25) is 4.79 Å². The summed E-state index contributed by atoms with van der Waals surface area (Å²) in [6, 6.07) is 3.68. The molecule has 2 rings (SSSR count). The Morgan fingerprint density at radius 2 is 2.33 bits per heavy atom. The Hall–Kier alpha value is -0.740. The van der Waals surface area contributed by atoms with Crippen LogP contribution >= 0.6 is 11.8 Å². The molecule has 0 spiro atoms. The van der Waals surface area contributed by atoms with E-state index in [2.05, 4.69) is 4.98 Å². The van der Waals surface area contributed by atoms with Crippen molar-refractivity contribution in [1.82, 2.24) is 4.98 Å². The summed E-state index contributed by atoms with van der Waals surface area (Å²) in [6.07, 6.45) is 3.93. The fourth-order valence-corrected chi connectivity index (χ4v) is 2.69. The molecule has 1 saturated heterocycles. The van der Waals surface area contributed by atoms with Gasteiger partial charge in [-0.15, -0.1) is 0 Å². The molecule has 0 aromatic carbocycles. The summed E-state index contributed by atoms with van der Waals surface area (Å²) >= 11 is 1.75. The van der Waals surface area contributed by atoms with Crippen LogP contribution < -0.4 is 0 Å². The zero-order valence-corrected chi connectivity index (χ0v) is 9.39. The molecule has 0 unspecified atom stereocenters. The minimum absolute atomic E-state index is 0.191. The zero-order chi connectivity index (χ0) is 10.5. The van der Waals surface area contributed by atoms with Crippen LogP contribution in [0.5, 0.6) is 0 Å². The van der Waals surface area contributed by atoms with Crippen molar-refractivity contribution < 1.29 is 9.53 Å². The molecule has 1 N–H and O–H groups in total. The van der Waals surface area contributed by atoms with Crippen LogP contribution in [0.15, 0.2) is 18.3 Å². The molecule has 1 fully saturated rings. The second-order valence-corrected chi connectivity index (χ2v) is 4.92. The van der Waals surface area contributed by atoms with Crippen molar-refractivity contribution in [3.8, 4) is 0 Å². The van der Waals surface area contributed by atoms with Crippen molar-refractivity contribution >= 4 is 17.5 Å². The molecule has 0 amide bonds. The van der Waals surface area contributed by atoms with Crippen molar-refractivity contribution in [3.05, 3.63) is 24.0 Å². The molecule has 3 nitrogen and oxygen atoms in total. The van der Waals surface area contributed by atoms with Crippen LogP contribution in [0.25, 0.3) is 0 Å². The van der Waals surface area contributed by atoms with Gasteiger partial charge >= 0.3 is 0 Å². The van der Waals surface area contributed by atoms with Crippen LogP contribution in [0.2, 0.25) is 0 Å². The second-order valence-electron chi connectivity index (χ2n) is 3.63. The van der Waals surface area contributed by atoms with E-state index >= 15 is 0 Å². The number of thioether (sulfide) groups is 1. The zero-order valence-electron chi connectivity index (χ0n) is 8.57. The van der Waals surface area contributed by atoms with E-state index in [0.29, 0.717) is 11.0 Å². The smallest absolute Gasteiger partial charge is 0.188 e. The van der Waals surface area contributed by atoms with E-state index in [0.717, 1.165) is 31.7 Å². The quantitative estimate of drug-likeness (QED) is 0.798. The predicted molar refractivity (Wildman–Crippen MR) is 61.4 cm³/mol. The molecule has 2 heterocycles. The molecule has 82 valence electrons. The van der Waals surface area contributed by atoms with Crippen LogP contribution in [0.4, 0.5) is 0 Å². The molecular weight excluding hydrogens is 210 g/mol. The number of H-pyrrole nitrogens is 1. The maximum atomic E-state index is 11.7. The minimum Gasteiger partial charge on any atom is -0.381 e. The van der Waals surface area contributed by atoms with Crippen LogP contribution in [0.3, 0.4) is 0 Å². The summed E-state index contributed by atoms with van der Waals surface area (Å²) in [7, 11) is 0. The fraction of sp³-hybridized carbons (Fsp3) is 0.545. The summed E-state index contributed by atoms with van der Waals surface area (Å²) in [5.74, 6) is 0.766. The molecular formula is C11H15NO2S. The molecule has 1 aliphatic rings. The van der Waals surface area contributed by atoms with Crippen LogP contribution in [-0.2, 0) is 4.74 Å². The van der Waals surface area contributed by atoms with Gasteiger partial charge in [0.05, 0.1) is 11.4 Å². The standard InChI is InChI=1S/C11H15NO2S/c13-11(10-2-1-5-12-10)8-15-9-3-6-14-7-4-9/h1-2,5,9,12H,3-4,6-8H2. The molecule has 15 heavy (non-hydrogen) atoms. The predicted octanol–water partition coefficient (Wildman–Crippen LogP) is 2.11. The van der Waals surface area contributed by atoms with Gasteiger partial charge in [-0.2, -0.15) is 11.8 Å². The first-order chi connectivity index (χ1) is 7.36. The average Bonchev–Trinajstić information content (AvgIpc) is 2.81. The summed E-state index contributed by atoms with van der Waals surface area (Å²) in [4.78, 5) is 14.6. The third-order valence-corrected chi connectivity index (χ3v) is 3.89. The highest BCUT2D eigenvalue weighted by molar-refractivity contribution is 8.00. The van der Waals surface area contributed by atoms with E-state index in [4.69, 9.17) is 4.74 Å². The van der Waals surface area contributed by atoms with Gasteiger partial charge in [-0.05, 0) is 25.0 Å². The van der Waals surface area contributed by atoms with Crippen molar-refractivity contribution in [2.75, 3.05) is 19.0 Å². The van der Waals surface area contributed by atoms with Gasteiger partial charge in [0, 0.05) is 24.7 Å². The number of Topliss-reactive ketones (excluding diaryl/α,β-unsaturated/α-hetero) is 1. The van der Waals surface area contributed by atoms with Gasteiger partial charge in [0.15, 0.2) is 5.78 Å². The van der Waals surface area contributed by atoms with E-state index in [1.807, 2.05) is 12.1 Å². The number of aromatic amines is 1. The van der Waals surface area contributed by atoms with Gasteiger partial charge in [-0.25, -0.2) is 0 Å². The minimum atomic E-state index is 0.191. The van der Waals surface area contributed by atoms with Crippen molar-refractivity contribution in [2.24, 2.45) is 0 Å². The maximum Gasteiger partial charge on any atom is 0.188 e. The van der Waals surface area contributed by atoms with E-state index < -0.39 is 0 Å². The number of rotatable bonds is 4. The first-order valence-corrected chi connectivity index (χ1v) is 6.27. The molecule has 1 aliphatic heterocycles. The fourth-order valence-electron chi connectivity index (χ4n) is 1.62. The van der Waals surface area contributed by atoms with Crippen molar-refractivity contribution in [1.29, 1.82) is 0 Å². The van der Waals surface area contributed by atoms with E-state index in [1.165, 1.54) is 0 Å². The molecule has 4 heteroatoms. The third-order valence-electron chi connectivity index (χ3n) is 2.52. The average molecular weight is 225 g/mol. The van der Waals surface area contributed by atoms with Crippen molar-refractivity contribution in [3.63, 3.8) is 0 Å². The number of carbonyl (C=O) groups is 1.